The molecular formula is C17H24N2O3S. The van der Waals surface area contributed by atoms with Crippen molar-refractivity contribution in [2.75, 3.05) is 0 Å². The minimum Gasteiger partial charge on any atom is -0.352 e. The molecule has 1 aliphatic carbocycles. The summed E-state index contributed by atoms with van der Waals surface area (Å²) < 4.78 is 26.9. The molecule has 1 amide bonds. The number of benzene rings is 1. The first-order valence-electron chi connectivity index (χ1n) is 7.91. The van der Waals surface area contributed by atoms with Crippen molar-refractivity contribution in [2.45, 2.75) is 50.6 Å². The lowest BCUT2D eigenvalue weighted by atomic mass is 10.1. The van der Waals surface area contributed by atoms with E-state index in [1.165, 1.54) is 0 Å². The van der Waals surface area contributed by atoms with Crippen molar-refractivity contribution in [3.05, 3.63) is 42.0 Å². The molecule has 0 fully saturated rings. The normalized spacial score (nSPS) is 17.6. The molecule has 0 radical (unpaired) electrons. The van der Waals surface area contributed by atoms with Crippen molar-refractivity contribution in [1.82, 2.24) is 10.0 Å². The summed E-state index contributed by atoms with van der Waals surface area (Å²) in [5.74, 6) is 0.326. The van der Waals surface area contributed by atoms with Gasteiger partial charge in [-0.3, -0.25) is 4.79 Å². The number of carbonyl (C=O) groups excluding carboxylic acids is 1. The molecule has 0 saturated carbocycles. The van der Waals surface area contributed by atoms with Crippen LogP contribution < -0.4 is 10.0 Å². The monoisotopic (exact) mass is 336 g/mol. The van der Waals surface area contributed by atoms with E-state index in [1.807, 2.05) is 6.07 Å². The predicted molar refractivity (Wildman–Crippen MR) is 90.2 cm³/mol. The number of allylic oxidation sites excluding steroid dienone is 2. The van der Waals surface area contributed by atoms with E-state index < -0.39 is 10.0 Å². The molecule has 2 N–H and O–H groups in total. The van der Waals surface area contributed by atoms with E-state index in [4.69, 9.17) is 0 Å². The highest BCUT2D eigenvalue weighted by Gasteiger charge is 2.16. The molecule has 1 aliphatic rings. The van der Waals surface area contributed by atoms with E-state index >= 15 is 0 Å². The average molecular weight is 336 g/mol. The molecule has 5 nitrogen and oxygen atoms in total. The van der Waals surface area contributed by atoms with Crippen LogP contribution in [0.25, 0.3) is 0 Å². The van der Waals surface area contributed by atoms with Gasteiger partial charge in [0.2, 0.25) is 15.9 Å². The molecule has 1 aromatic carbocycles. The molecule has 126 valence electrons. The van der Waals surface area contributed by atoms with Crippen LogP contribution in [0, 0.1) is 5.92 Å². The molecule has 0 bridgehead atoms. The largest absolute Gasteiger partial charge is 0.352 e. The van der Waals surface area contributed by atoms with E-state index in [-0.39, 0.29) is 16.8 Å². The van der Waals surface area contributed by atoms with Crippen LogP contribution in [0.15, 0.2) is 41.3 Å². The lowest BCUT2D eigenvalue weighted by Gasteiger charge is -2.12. The number of nitrogens with one attached hydrogen (secondary N) is 2. The van der Waals surface area contributed by atoms with Gasteiger partial charge in [-0.1, -0.05) is 24.3 Å². The van der Waals surface area contributed by atoms with Gasteiger partial charge in [-0.2, -0.15) is 0 Å². The summed E-state index contributed by atoms with van der Waals surface area (Å²) in [5.41, 5.74) is 0.770. The highest BCUT2D eigenvalue weighted by atomic mass is 32.2. The summed E-state index contributed by atoms with van der Waals surface area (Å²) >= 11 is 0. The Labute approximate surface area is 138 Å². The van der Waals surface area contributed by atoms with Gasteiger partial charge in [-0.05, 0) is 50.3 Å². The van der Waals surface area contributed by atoms with E-state index in [2.05, 4.69) is 22.2 Å². The topological polar surface area (TPSA) is 75.3 Å². The van der Waals surface area contributed by atoms with E-state index in [0.29, 0.717) is 18.9 Å². The maximum absolute atomic E-state index is 12.2. The van der Waals surface area contributed by atoms with Crippen LogP contribution >= 0.6 is 0 Å². The van der Waals surface area contributed by atoms with Crippen molar-refractivity contribution < 1.29 is 13.2 Å². The van der Waals surface area contributed by atoms with Gasteiger partial charge in [-0.25, -0.2) is 13.1 Å². The second-order valence-corrected chi connectivity index (χ2v) is 7.88. The molecule has 2 rings (SSSR count). The van der Waals surface area contributed by atoms with Crippen LogP contribution in [0.4, 0.5) is 0 Å². The Kier molecular flexibility index (Phi) is 5.96. The molecule has 0 heterocycles. The van der Waals surface area contributed by atoms with Crippen LogP contribution in [0.3, 0.4) is 0 Å². The summed E-state index contributed by atoms with van der Waals surface area (Å²) in [5, 5.41) is 2.86. The van der Waals surface area contributed by atoms with Gasteiger partial charge >= 0.3 is 0 Å². The first-order chi connectivity index (χ1) is 10.9. The molecule has 1 aromatic rings. The Hall–Kier alpha value is -1.66. The van der Waals surface area contributed by atoms with Crippen molar-refractivity contribution in [3.8, 4) is 0 Å². The molecule has 0 aliphatic heterocycles. The quantitative estimate of drug-likeness (QED) is 0.751. The molecule has 0 aromatic heterocycles. The zero-order valence-electron chi connectivity index (χ0n) is 13.6. The third-order valence-electron chi connectivity index (χ3n) is 3.65. The summed E-state index contributed by atoms with van der Waals surface area (Å²) in [4.78, 5) is 12.1. The Bertz CT molecular complexity index is 681. The molecule has 1 atom stereocenters. The van der Waals surface area contributed by atoms with Gasteiger partial charge in [0.25, 0.3) is 0 Å². The summed E-state index contributed by atoms with van der Waals surface area (Å²) in [7, 11) is -3.51. The van der Waals surface area contributed by atoms with E-state index in [1.54, 1.807) is 32.0 Å². The molecule has 1 unspecified atom stereocenters. The number of rotatable bonds is 7. The molecule has 0 spiro atoms. The third-order valence-corrected chi connectivity index (χ3v) is 5.31. The fourth-order valence-electron chi connectivity index (χ4n) is 2.58. The maximum atomic E-state index is 12.2. The van der Waals surface area contributed by atoms with Crippen LogP contribution in [-0.2, 0) is 21.4 Å². The molecular weight excluding hydrogens is 312 g/mol. The van der Waals surface area contributed by atoms with Gasteiger partial charge < -0.3 is 5.32 Å². The zero-order chi connectivity index (χ0) is 16.9. The minimum absolute atomic E-state index is 0.00452. The summed E-state index contributed by atoms with van der Waals surface area (Å²) in [6.45, 7) is 3.89. The van der Waals surface area contributed by atoms with Crippen LogP contribution in [0.5, 0.6) is 0 Å². The van der Waals surface area contributed by atoms with Gasteiger partial charge in [0.15, 0.2) is 0 Å². The molecule has 6 heteroatoms. The fraction of sp³-hybridized carbons (Fsp3) is 0.471. The standard InChI is InChI=1S/C17H24N2O3S/c1-13(2)19-23(21,22)16-9-5-8-15(10-16)12-18-17(20)11-14-6-3-4-7-14/h3,5-6,8-10,13-14,19H,4,7,11-12H2,1-2H3,(H,18,20). The molecule has 0 saturated heterocycles. The highest BCUT2D eigenvalue weighted by Crippen LogP contribution is 2.20. The number of carbonyl (C=O) groups is 1. The van der Waals surface area contributed by atoms with Crippen molar-refractivity contribution in [1.29, 1.82) is 0 Å². The second kappa shape index (κ2) is 7.75. The first-order valence-corrected chi connectivity index (χ1v) is 9.40. The van der Waals surface area contributed by atoms with Gasteiger partial charge in [-0.15, -0.1) is 0 Å². The average Bonchev–Trinajstić information content (AvgIpc) is 2.97. The lowest BCUT2D eigenvalue weighted by molar-refractivity contribution is -0.121. The van der Waals surface area contributed by atoms with Crippen LogP contribution in [-0.4, -0.2) is 20.4 Å². The minimum atomic E-state index is -3.51. The summed E-state index contributed by atoms with van der Waals surface area (Å²) in [6, 6.07) is 6.49. The van der Waals surface area contributed by atoms with Crippen LogP contribution in [0.2, 0.25) is 0 Å². The van der Waals surface area contributed by atoms with Crippen LogP contribution in [0.1, 0.15) is 38.7 Å². The van der Waals surface area contributed by atoms with Crippen molar-refractivity contribution in [3.63, 3.8) is 0 Å². The van der Waals surface area contributed by atoms with E-state index in [0.717, 1.165) is 18.4 Å². The predicted octanol–water partition coefficient (Wildman–Crippen LogP) is 2.35. The Balaban J connectivity index is 1.94. The van der Waals surface area contributed by atoms with Crippen molar-refractivity contribution in [2.24, 2.45) is 5.92 Å². The smallest absolute Gasteiger partial charge is 0.240 e. The Morgan fingerprint density at radius 2 is 2.13 bits per heavy atom. The van der Waals surface area contributed by atoms with Gasteiger partial charge in [0.05, 0.1) is 4.90 Å². The third kappa shape index (κ3) is 5.48. The number of hydrogen-bond acceptors (Lipinski definition) is 3. The highest BCUT2D eigenvalue weighted by molar-refractivity contribution is 7.89. The lowest BCUT2D eigenvalue weighted by Crippen LogP contribution is -2.30. The fourth-order valence-corrected chi connectivity index (χ4v) is 3.90. The number of hydrogen-bond donors (Lipinski definition) is 2. The van der Waals surface area contributed by atoms with Gasteiger partial charge in [0.1, 0.15) is 0 Å². The Morgan fingerprint density at radius 3 is 2.78 bits per heavy atom. The Morgan fingerprint density at radius 1 is 1.35 bits per heavy atom. The van der Waals surface area contributed by atoms with Crippen molar-refractivity contribution >= 4 is 15.9 Å². The zero-order valence-corrected chi connectivity index (χ0v) is 14.4. The maximum Gasteiger partial charge on any atom is 0.240 e. The first kappa shape index (κ1) is 17.7. The summed E-state index contributed by atoms with van der Waals surface area (Å²) in [6.07, 6.45) is 6.75. The van der Waals surface area contributed by atoms with E-state index in [9.17, 15) is 13.2 Å². The SMILES string of the molecule is CC(C)NS(=O)(=O)c1cccc(CNC(=O)CC2C=CCC2)c1. The number of amides is 1. The van der Waals surface area contributed by atoms with Gasteiger partial charge in [0, 0.05) is 19.0 Å². The second-order valence-electron chi connectivity index (χ2n) is 6.17. The molecule has 23 heavy (non-hydrogen) atoms. The number of sulfonamides is 1.